The predicted octanol–water partition coefficient (Wildman–Crippen LogP) is 3.77. The van der Waals surface area contributed by atoms with Crippen molar-refractivity contribution in [1.29, 1.82) is 0 Å². The summed E-state index contributed by atoms with van der Waals surface area (Å²) in [6, 6.07) is 12.6. The van der Waals surface area contributed by atoms with Crippen molar-refractivity contribution in [3.63, 3.8) is 0 Å². The van der Waals surface area contributed by atoms with Crippen LogP contribution in [0.2, 0.25) is 0 Å². The second-order valence-corrected chi connectivity index (χ2v) is 7.49. The first-order valence-electron chi connectivity index (χ1n) is 10.6. The van der Waals surface area contributed by atoms with E-state index < -0.39 is 6.61 Å². The Morgan fingerprint density at radius 1 is 1.12 bits per heavy atom. The highest BCUT2D eigenvalue weighted by atomic mass is 19.3. The molecular formula is C24H29F2N3O3. The molecule has 6 nitrogen and oxygen atoms in total. The molecule has 2 aromatic rings. The van der Waals surface area contributed by atoms with Gasteiger partial charge in [0.1, 0.15) is 0 Å². The fraction of sp³-hybridized carbons (Fsp3) is 0.375. The van der Waals surface area contributed by atoms with Gasteiger partial charge < -0.3 is 24.6 Å². The standard InChI is InChI=1S/C24H29F2N3O3/c1-3-31-22-16-18(8-10-21(22)32-24(25)26)9-11-23(30)27-17-19-6-4-5-7-20(19)29-14-12-28(2)13-15-29/h4-11,16,24H,3,12-15,17H2,1-2H3,(H,27,30)/b11-9+. The van der Waals surface area contributed by atoms with Crippen LogP contribution in [-0.4, -0.2) is 57.3 Å². The molecule has 0 unspecified atom stereocenters. The molecule has 1 heterocycles. The summed E-state index contributed by atoms with van der Waals surface area (Å²) in [5.74, 6) is -0.0792. The Morgan fingerprint density at radius 3 is 2.59 bits per heavy atom. The van der Waals surface area contributed by atoms with E-state index in [2.05, 4.69) is 33.0 Å². The monoisotopic (exact) mass is 445 g/mol. The molecule has 1 saturated heterocycles. The number of carbonyl (C=O) groups is 1. The number of piperazine rings is 1. The summed E-state index contributed by atoms with van der Waals surface area (Å²) >= 11 is 0. The summed E-state index contributed by atoms with van der Waals surface area (Å²) in [7, 11) is 2.12. The number of nitrogens with zero attached hydrogens (tertiary/aromatic N) is 2. The average molecular weight is 446 g/mol. The predicted molar refractivity (Wildman–Crippen MR) is 121 cm³/mol. The van der Waals surface area contributed by atoms with Gasteiger partial charge in [0.05, 0.1) is 6.61 Å². The van der Waals surface area contributed by atoms with Crippen LogP contribution in [0, 0.1) is 0 Å². The van der Waals surface area contributed by atoms with E-state index in [9.17, 15) is 13.6 Å². The molecule has 0 saturated carbocycles. The minimum atomic E-state index is -2.94. The molecule has 1 aliphatic heterocycles. The lowest BCUT2D eigenvalue weighted by Gasteiger charge is -2.35. The quantitative estimate of drug-likeness (QED) is 0.596. The molecule has 1 fully saturated rings. The van der Waals surface area contributed by atoms with Crippen LogP contribution in [0.5, 0.6) is 11.5 Å². The molecule has 1 aliphatic rings. The zero-order chi connectivity index (χ0) is 22.9. The van der Waals surface area contributed by atoms with Gasteiger partial charge in [0.25, 0.3) is 0 Å². The highest BCUT2D eigenvalue weighted by molar-refractivity contribution is 5.91. The van der Waals surface area contributed by atoms with Crippen molar-refractivity contribution < 1.29 is 23.0 Å². The third-order valence-electron chi connectivity index (χ3n) is 5.20. The number of amides is 1. The molecular weight excluding hydrogens is 416 g/mol. The zero-order valence-corrected chi connectivity index (χ0v) is 18.4. The highest BCUT2D eigenvalue weighted by Crippen LogP contribution is 2.30. The first-order chi connectivity index (χ1) is 15.5. The van der Waals surface area contributed by atoms with Gasteiger partial charge in [-0.15, -0.1) is 0 Å². The van der Waals surface area contributed by atoms with E-state index in [0.29, 0.717) is 18.7 Å². The number of alkyl halides is 2. The number of ether oxygens (including phenoxy) is 2. The first kappa shape index (κ1) is 23.5. The van der Waals surface area contributed by atoms with Gasteiger partial charge in [-0.1, -0.05) is 24.3 Å². The van der Waals surface area contributed by atoms with E-state index in [4.69, 9.17) is 4.74 Å². The Labute approximate surface area is 187 Å². The Bertz CT molecular complexity index is 928. The normalized spacial score (nSPS) is 14.7. The first-order valence-corrected chi connectivity index (χ1v) is 10.6. The number of hydrogen-bond acceptors (Lipinski definition) is 5. The van der Waals surface area contributed by atoms with Gasteiger partial charge in [0, 0.05) is 44.5 Å². The SMILES string of the molecule is CCOc1cc(/C=C/C(=O)NCc2ccccc2N2CCN(C)CC2)ccc1OC(F)F. The summed E-state index contributed by atoms with van der Waals surface area (Å²) in [4.78, 5) is 17.0. The fourth-order valence-corrected chi connectivity index (χ4v) is 3.52. The third kappa shape index (κ3) is 6.68. The lowest BCUT2D eigenvalue weighted by molar-refractivity contribution is -0.116. The third-order valence-corrected chi connectivity index (χ3v) is 5.20. The van der Waals surface area contributed by atoms with Crippen LogP contribution in [-0.2, 0) is 11.3 Å². The van der Waals surface area contributed by atoms with Crippen LogP contribution < -0.4 is 19.7 Å². The van der Waals surface area contributed by atoms with E-state index in [-0.39, 0.29) is 17.4 Å². The average Bonchev–Trinajstić information content (AvgIpc) is 2.78. The van der Waals surface area contributed by atoms with Gasteiger partial charge in [-0.2, -0.15) is 8.78 Å². The number of nitrogens with one attached hydrogen (secondary N) is 1. The lowest BCUT2D eigenvalue weighted by Crippen LogP contribution is -2.45. The summed E-state index contributed by atoms with van der Waals surface area (Å²) in [5, 5.41) is 2.92. The van der Waals surface area contributed by atoms with Crippen molar-refractivity contribution in [1.82, 2.24) is 10.2 Å². The van der Waals surface area contributed by atoms with E-state index in [1.165, 1.54) is 12.1 Å². The number of benzene rings is 2. The number of halogens is 2. The minimum absolute atomic E-state index is 0.0380. The van der Waals surface area contributed by atoms with E-state index in [1.54, 1.807) is 25.1 Å². The van der Waals surface area contributed by atoms with Crippen LogP contribution in [0.3, 0.4) is 0 Å². The topological polar surface area (TPSA) is 54.0 Å². The van der Waals surface area contributed by atoms with Gasteiger partial charge in [-0.3, -0.25) is 4.79 Å². The summed E-state index contributed by atoms with van der Waals surface area (Å²) in [6.07, 6.45) is 3.02. The van der Waals surface area contributed by atoms with Crippen molar-refractivity contribution in [2.24, 2.45) is 0 Å². The van der Waals surface area contributed by atoms with E-state index in [0.717, 1.165) is 37.4 Å². The molecule has 2 aromatic carbocycles. The van der Waals surface area contributed by atoms with Crippen molar-refractivity contribution in [3.05, 3.63) is 59.7 Å². The molecule has 1 amide bonds. The molecule has 0 spiro atoms. The van der Waals surface area contributed by atoms with Crippen LogP contribution in [0.4, 0.5) is 14.5 Å². The van der Waals surface area contributed by atoms with E-state index in [1.807, 2.05) is 18.2 Å². The number of hydrogen-bond donors (Lipinski definition) is 1. The summed E-state index contributed by atoms with van der Waals surface area (Å²) < 4.78 is 34.9. The Hall–Kier alpha value is -3.13. The van der Waals surface area contributed by atoms with Crippen LogP contribution >= 0.6 is 0 Å². The molecule has 32 heavy (non-hydrogen) atoms. The molecule has 0 aromatic heterocycles. The second-order valence-electron chi connectivity index (χ2n) is 7.49. The second kappa shape index (κ2) is 11.5. The highest BCUT2D eigenvalue weighted by Gasteiger charge is 2.17. The number of likely N-dealkylation sites (N-methyl/N-ethyl adjacent to an activating group) is 1. The summed E-state index contributed by atoms with van der Waals surface area (Å²) in [5.41, 5.74) is 2.84. The van der Waals surface area contributed by atoms with Crippen molar-refractivity contribution >= 4 is 17.7 Å². The van der Waals surface area contributed by atoms with Crippen LogP contribution in [0.15, 0.2) is 48.5 Å². The van der Waals surface area contributed by atoms with Gasteiger partial charge in [-0.05, 0) is 49.4 Å². The number of para-hydroxylation sites is 1. The van der Waals surface area contributed by atoms with Crippen molar-refractivity contribution in [2.45, 2.75) is 20.1 Å². The molecule has 0 atom stereocenters. The molecule has 172 valence electrons. The number of rotatable bonds is 9. The molecule has 1 N–H and O–H groups in total. The fourth-order valence-electron chi connectivity index (χ4n) is 3.52. The smallest absolute Gasteiger partial charge is 0.387 e. The molecule has 8 heteroatoms. The van der Waals surface area contributed by atoms with Gasteiger partial charge in [-0.25, -0.2) is 0 Å². The Kier molecular flexibility index (Phi) is 8.44. The largest absolute Gasteiger partial charge is 0.490 e. The van der Waals surface area contributed by atoms with Gasteiger partial charge in [0.2, 0.25) is 5.91 Å². The molecule has 0 aliphatic carbocycles. The maximum absolute atomic E-state index is 12.5. The maximum atomic E-state index is 12.5. The van der Waals surface area contributed by atoms with E-state index >= 15 is 0 Å². The Morgan fingerprint density at radius 2 is 1.88 bits per heavy atom. The van der Waals surface area contributed by atoms with Crippen molar-refractivity contribution in [3.8, 4) is 11.5 Å². The zero-order valence-electron chi connectivity index (χ0n) is 18.4. The summed E-state index contributed by atoms with van der Waals surface area (Å²) in [6.45, 7) is 3.46. The van der Waals surface area contributed by atoms with Gasteiger partial charge in [0.15, 0.2) is 11.5 Å². The van der Waals surface area contributed by atoms with Gasteiger partial charge >= 0.3 is 6.61 Å². The van der Waals surface area contributed by atoms with Crippen molar-refractivity contribution in [2.75, 3.05) is 44.7 Å². The van der Waals surface area contributed by atoms with Crippen LogP contribution in [0.25, 0.3) is 6.08 Å². The molecule has 0 bridgehead atoms. The molecule has 3 rings (SSSR count). The number of anilines is 1. The Balaban J connectivity index is 1.61. The number of carbonyl (C=O) groups excluding carboxylic acids is 1. The lowest BCUT2D eigenvalue weighted by atomic mass is 10.1. The molecule has 0 radical (unpaired) electrons. The maximum Gasteiger partial charge on any atom is 0.387 e. The van der Waals surface area contributed by atoms with Crippen LogP contribution in [0.1, 0.15) is 18.1 Å². The minimum Gasteiger partial charge on any atom is -0.490 e.